The van der Waals surface area contributed by atoms with Crippen molar-refractivity contribution in [1.82, 2.24) is 0 Å². The van der Waals surface area contributed by atoms with E-state index in [1.54, 1.807) is 0 Å². The van der Waals surface area contributed by atoms with Crippen LogP contribution in [0.5, 0.6) is 0 Å². The zero-order valence-electron chi connectivity index (χ0n) is 13.0. The van der Waals surface area contributed by atoms with Crippen molar-refractivity contribution in [3.05, 3.63) is 0 Å². The summed E-state index contributed by atoms with van der Waals surface area (Å²) in [5, 5.41) is 14.9. The Kier molecular flexibility index (Phi) is 6.27. The summed E-state index contributed by atoms with van der Waals surface area (Å²) in [6.45, 7) is 9.58. The molecule has 2 rings (SSSR count). The van der Waals surface area contributed by atoms with Crippen LogP contribution in [0, 0.1) is 16.7 Å². The van der Waals surface area contributed by atoms with Crippen LogP contribution in [-0.4, -0.2) is 25.1 Å². The van der Waals surface area contributed by atoms with Gasteiger partial charge in [0.25, 0.3) is 0 Å². The molecule has 0 aromatic rings. The molecule has 2 fully saturated rings. The molecule has 2 saturated carbocycles. The van der Waals surface area contributed by atoms with Crippen molar-refractivity contribution in [3.63, 3.8) is 0 Å². The van der Waals surface area contributed by atoms with Gasteiger partial charge in [0.05, 0.1) is 0 Å². The van der Waals surface area contributed by atoms with Crippen molar-refractivity contribution in [2.24, 2.45) is 16.7 Å². The zero-order valence-corrected chi connectivity index (χ0v) is 15.5. The minimum atomic E-state index is -0.477. The minimum absolute atomic E-state index is 0. The predicted molar refractivity (Wildman–Crippen MR) is 80.3 cm³/mol. The van der Waals surface area contributed by atoms with Gasteiger partial charge >= 0.3 is 118 Å². The monoisotopic (exact) mass is 354 g/mol. The van der Waals surface area contributed by atoms with E-state index in [1.165, 1.54) is 41.6 Å². The van der Waals surface area contributed by atoms with Crippen molar-refractivity contribution in [2.75, 3.05) is 0 Å². The van der Waals surface area contributed by atoms with Crippen LogP contribution in [0.4, 0.5) is 0 Å². The van der Waals surface area contributed by atoms with Crippen LogP contribution in [0.3, 0.4) is 0 Å². The predicted octanol–water partition coefficient (Wildman–Crippen LogP) is 1.49. The number of hydrogen-bond donors (Lipinski definition) is 1. The standard InChI is InChI=1S/C16H31OSe.ClH/c1-5-7-10-18(6-2)12-16-9-8-13(11-14(16)17)15(16,3)4;/h13-14,17H,5-12H2,1-4H3;1H/q+1;/p-1/t13-,14-,16-,18?;/m1./s1. The molecule has 1 nitrogen and oxygen atoms in total. The molecule has 4 atom stereocenters. The molecule has 2 aliphatic rings. The third-order valence-electron chi connectivity index (χ3n) is 6.04. The number of unbranched alkanes of at least 4 members (excludes halogenated alkanes) is 1. The van der Waals surface area contributed by atoms with Gasteiger partial charge in [-0.05, 0) is 0 Å². The summed E-state index contributed by atoms with van der Waals surface area (Å²) >= 11 is -0.477. The van der Waals surface area contributed by atoms with Crippen LogP contribution in [0.25, 0.3) is 0 Å². The molecule has 0 heterocycles. The van der Waals surface area contributed by atoms with E-state index >= 15 is 0 Å². The maximum Gasteiger partial charge on any atom is -1.00 e. The first-order chi connectivity index (χ1) is 8.48. The first-order valence-corrected chi connectivity index (χ1v) is 11.4. The molecule has 0 aromatic heterocycles. The Balaban J connectivity index is 0.00000180. The van der Waals surface area contributed by atoms with Crippen molar-refractivity contribution in [2.45, 2.75) is 81.9 Å². The van der Waals surface area contributed by atoms with E-state index < -0.39 is 13.9 Å². The molecule has 0 radical (unpaired) electrons. The van der Waals surface area contributed by atoms with Crippen LogP contribution in [-0.2, 0) is 0 Å². The molecule has 0 saturated heterocycles. The molecule has 114 valence electrons. The fraction of sp³-hybridized carbons (Fsp3) is 1.00. The number of rotatable bonds is 6. The van der Waals surface area contributed by atoms with Gasteiger partial charge in [-0.15, -0.1) is 0 Å². The Morgan fingerprint density at radius 2 is 1.95 bits per heavy atom. The first kappa shape index (κ1) is 17.8. The van der Waals surface area contributed by atoms with E-state index in [0.29, 0.717) is 10.8 Å². The van der Waals surface area contributed by atoms with Gasteiger partial charge in [-0.3, -0.25) is 0 Å². The third kappa shape index (κ3) is 2.89. The van der Waals surface area contributed by atoms with Crippen molar-refractivity contribution in [3.8, 4) is 0 Å². The van der Waals surface area contributed by atoms with Crippen LogP contribution in [0.15, 0.2) is 0 Å². The fourth-order valence-electron chi connectivity index (χ4n) is 4.41. The maximum atomic E-state index is 10.6. The van der Waals surface area contributed by atoms with Gasteiger partial charge in [0.15, 0.2) is 0 Å². The van der Waals surface area contributed by atoms with E-state index in [9.17, 15) is 5.11 Å². The van der Waals surface area contributed by atoms with E-state index in [2.05, 4.69) is 27.7 Å². The summed E-state index contributed by atoms with van der Waals surface area (Å²) < 4.78 is 0. The molecule has 0 amide bonds. The number of halogens is 1. The summed E-state index contributed by atoms with van der Waals surface area (Å²) in [5.41, 5.74) is 0.696. The topological polar surface area (TPSA) is 20.2 Å². The summed E-state index contributed by atoms with van der Waals surface area (Å²) in [4.78, 5) is 0. The average Bonchev–Trinajstić information content (AvgIpc) is 2.68. The van der Waals surface area contributed by atoms with Crippen molar-refractivity contribution in [1.29, 1.82) is 0 Å². The Morgan fingerprint density at radius 1 is 1.26 bits per heavy atom. The van der Waals surface area contributed by atoms with Crippen LogP contribution >= 0.6 is 0 Å². The first-order valence-electron chi connectivity index (χ1n) is 7.80. The molecule has 1 unspecified atom stereocenters. The SMILES string of the molecule is CCCC[Se+](CC)C[C@]12CC[C@H](C[C@H]1O)C2(C)C.[Cl-]. The van der Waals surface area contributed by atoms with E-state index in [4.69, 9.17) is 0 Å². The Morgan fingerprint density at radius 3 is 2.37 bits per heavy atom. The van der Waals surface area contributed by atoms with Gasteiger partial charge in [0, 0.05) is 0 Å². The normalized spacial score (nSPS) is 37.1. The van der Waals surface area contributed by atoms with E-state index in [-0.39, 0.29) is 18.5 Å². The number of fused-ring (bicyclic) bond motifs is 2. The molecule has 2 aliphatic carbocycles. The van der Waals surface area contributed by atoms with Gasteiger partial charge < -0.3 is 12.4 Å². The molecule has 1 N–H and O–H groups in total. The minimum Gasteiger partial charge on any atom is -1.00 e. The quantitative estimate of drug-likeness (QED) is 0.717. The summed E-state index contributed by atoms with van der Waals surface area (Å²) in [5.74, 6) is 0.794. The molecule has 0 spiro atoms. The molecule has 0 aromatic carbocycles. The van der Waals surface area contributed by atoms with Gasteiger partial charge in [-0.25, -0.2) is 0 Å². The van der Waals surface area contributed by atoms with Gasteiger partial charge in [0.2, 0.25) is 0 Å². The number of hydrogen-bond acceptors (Lipinski definition) is 1. The average molecular weight is 354 g/mol. The Bertz CT molecular complexity index is 294. The van der Waals surface area contributed by atoms with Crippen LogP contribution < -0.4 is 12.4 Å². The summed E-state index contributed by atoms with van der Waals surface area (Å²) in [6, 6.07) is 0. The second-order valence-electron chi connectivity index (χ2n) is 6.97. The fourth-order valence-corrected chi connectivity index (χ4v) is 10.2. The number of aliphatic hydroxyl groups is 1. The van der Waals surface area contributed by atoms with Crippen LogP contribution in [0.1, 0.15) is 59.8 Å². The zero-order chi connectivity index (χ0) is 13.4. The Hall–Kier alpha value is 0.769. The van der Waals surface area contributed by atoms with Gasteiger partial charge in [-0.2, -0.15) is 0 Å². The van der Waals surface area contributed by atoms with Gasteiger partial charge in [-0.1, -0.05) is 0 Å². The van der Waals surface area contributed by atoms with E-state index in [0.717, 1.165) is 12.3 Å². The summed E-state index contributed by atoms with van der Waals surface area (Å²) in [6.07, 6.45) is 6.52. The largest absolute Gasteiger partial charge is 1.00 e. The Labute approximate surface area is 130 Å². The van der Waals surface area contributed by atoms with Crippen LogP contribution in [0.2, 0.25) is 16.0 Å². The molecule has 2 bridgehead atoms. The van der Waals surface area contributed by atoms with Gasteiger partial charge in [0.1, 0.15) is 0 Å². The second kappa shape index (κ2) is 6.69. The smallest absolute Gasteiger partial charge is 1.00 e. The molecular formula is C16H31ClOSe. The maximum absolute atomic E-state index is 10.6. The molecule has 19 heavy (non-hydrogen) atoms. The summed E-state index contributed by atoms with van der Waals surface area (Å²) in [7, 11) is 0. The van der Waals surface area contributed by atoms with E-state index in [1.807, 2.05) is 0 Å². The van der Waals surface area contributed by atoms with Crippen molar-refractivity contribution < 1.29 is 17.5 Å². The third-order valence-corrected chi connectivity index (χ3v) is 11.5. The van der Waals surface area contributed by atoms with Crippen molar-refractivity contribution >= 4 is 13.9 Å². The molecule has 3 heteroatoms. The molecular weight excluding hydrogens is 323 g/mol. The molecule has 0 aliphatic heterocycles. The second-order valence-corrected chi connectivity index (χ2v) is 12.2. The number of aliphatic hydroxyl groups excluding tert-OH is 1.